The Kier molecular flexibility index (Phi) is 5.64. The van der Waals surface area contributed by atoms with Crippen molar-refractivity contribution in [3.63, 3.8) is 0 Å². The van der Waals surface area contributed by atoms with E-state index in [9.17, 15) is 4.79 Å². The van der Waals surface area contributed by atoms with E-state index in [4.69, 9.17) is 11.6 Å². The third-order valence-corrected chi connectivity index (χ3v) is 5.18. The number of nitrogens with zero attached hydrogens (tertiary/aromatic N) is 4. The fraction of sp³-hybridized carbons (Fsp3) is 0.211. The Morgan fingerprint density at radius 2 is 2.00 bits per heavy atom. The summed E-state index contributed by atoms with van der Waals surface area (Å²) in [4.78, 5) is 25.6. The van der Waals surface area contributed by atoms with Crippen LogP contribution in [0.5, 0.6) is 0 Å². The number of thioether (sulfide) groups is 1. The lowest BCUT2D eigenvalue weighted by atomic mass is 10.2. The van der Waals surface area contributed by atoms with Gasteiger partial charge in [0.1, 0.15) is 0 Å². The Morgan fingerprint density at radius 3 is 2.62 bits per heavy atom. The van der Waals surface area contributed by atoms with E-state index in [0.717, 1.165) is 11.3 Å². The lowest BCUT2D eigenvalue weighted by molar-refractivity contribution is -0.122. The van der Waals surface area contributed by atoms with E-state index in [1.54, 1.807) is 23.4 Å². The van der Waals surface area contributed by atoms with Gasteiger partial charge in [0.2, 0.25) is 0 Å². The van der Waals surface area contributed by atoms with E-state index in [0.29, 0.717) is 27.3 Å². The van der Waals surface area contributed by atoms with Gasteiger partial charge in [-0.1, -0.05) is 23.7 Å². The maximum Gasteiger partial charge on any atom is 0.266 e. The molecule has 0 atom stereocenters. The number of amides is 1. The number of carbonyl (C=O) groups excluding carboxylic acids is 1. The van der Waals surface area contributed by atoms with E-state index in [1.807, 2.05) is 56.3 Å². The quantitative estimate of drug-likeness (QED) is 0.729. The van der Waals surface area contributed by atoms with Crippen LogP contribution < -0.4 is 4.90 Å². The van der Waals surface area contributed by atoms with E-state index in [1.165, 1.54) is 11.8 Å². The van der Waals surface area contributed by atoms with Crippen molar-refractivity contribution in [3.8, 4) is 0 Å². The number of rotatable bonds is 4. The minimum absolute atomic E-state index is 0.0434. The molecule has 0 aliphatic carbocycles. The molecule has 7 heteroatoms. The standard InChI is InChI=1S/C19H19ClN4OS/c1-4-24-18(25)17(11-13-5-7-14(8-6-13)23(2)3)26-19(24)22-16-9-10-21-12-15(16)20/h5-12H,4H2,1-3H3/b17-11-,22-19?. The van der Waals surface area contributed by atoms with Crippen LogP contribution in [0.15, 0.2) is 52.6 Å². The second kappa shape index (κ2) is 7.93. The van der Waals surface area contributed by atoms with Gasteiger partial charge in [-0.25, -0.2) is 4.99 Å². The maximum atomic E-state index is 12.7. The van der Waals surface area contributed by atoms with Crippen LogP contribution in [-0.2, 0) is 4.79 Å². The minimum atomic E-state index is -0.0434. The molecule has 0 saturated carbocycles. The maximum absolute atomic E-state index is 12.7. The number of carbonyl (C=O) groups is 1. The zero-order valence-electron chi connectivity index (χ0n) is 14.8. The second-order valence-electron chi connectivity index (χ2n) is 5.87. The molecule has 5 nitrogen and oxygen atoms in total. The van der Waals surface area contributed by atoms with Gasteiger partial charge >= 0.3 is 0 Å². The van der Waals surface area contributed by atoms with Crippen molar-refractivity contribution in [2.24, 2.45) is 4.99 Å². The van der Waals surface area contributed by atoms with Crippen molar-refractivity contribution in [1.82, 2.24) is 9.88 Å². The predicted molar refractivity (Wildman–Crippen MR) is 110 cm³/mol. The van der Waals surface area contributed by atoms with Crippen LogP contribution in [0.3, 0.4) is 0 Å². The van der Waals surface area contributed by atoms with Gasteiger partial charge in [0.25, 0.3) is 5.91 Å². The van der Waals surface area contributed by atoms with Gasteiger partial charge in [0.15, 0.2) is 5.17 Å². The molecule has 3 rings (SSSR count). The lowest BCUT2D eigenvalue weighted by Gasteiger charge is -2.12. The van der Waals surface area contributed by atoms with Gasteiger partial charge in [-0.15, -0.1) is 0 Å². The highest BCUT2D eigenvalue weighted by Crippen LogP contribution is 2.35. The summed E-state index contributed by atoms with van der Waals surface area (Å²) in [7, 11) is 3.99. The molecule has 26 heavy (non-hydrogen) atoms. The van der Waals surface area contributed by atoms with Gasteiger partial charge in [0.05, 0.1) is 15.6 Å². The molecule has 2 heterocycles. The Balaban J connectivity index is 1.90. The van der Waals surface area contributed by atoms with Gasteiger partial charge in [-0.2, -0.15) is 0 Å². The summed E-state index contributed by atoms with van der Waals surface area (Å²) in [6, 6.07) is 9.79. The number of halogens is 1. The molecule has 1 aliphatic rings. The summed E-state index contributed by atoms with van der Waals surface area (Å²) in [5.41, 5.74) is 2.69. The fourth-order valence-electron chi connectivity index (χ4n) is 2.45. The van der Waals surface area contributed by atoms with Crippen molar-refractivity contribution in [2.75, 3.05) is 25.5 Å². The number of benzene rings is 1. The van der Waals surface area contributed by atoms with Gasteiger partial charge < -0.3 is 4.90 Å². The van der Waals surface area contributed by atoms with Crippen molar-refractivity contribution in [3.05, 3.63) is 58.2 Å². The normalized spacial score (nSPS) is 17.4. The Bertz CT molecular complexity index is 877. The first kappa shape index (κ1) is 18.5. The number of pyridine rings is 1. The van der Waals surface area contributed by atoms with Gasteiger partial charge in [0, 0.05) is 38.7 Å². The van der Waals surface area contributed by atoms with E-state index in [-0.39, 0.29) is 5.91 Å². The molecule has 1 amide bonds. The molecule has 1 fully saturated rings. The van der Waals surface area contributed by atoms with Crippen LogP contribution in [-0.4, -0.2) is 41.6 Å². The summed E-state index contributed by atoms with van der Waals surface area (Å²) in [5, 5.41) is 1.09. The first-order valence-corrected chi connectivity index (χ1v) is 9.36. The first-order valence-electron chi connectivity index (χ1n) is 8.16. The second-order valence-corrected chi connectivity index (χ2v) is 7.28. The largest absolute Gasteiger partial charge is 0.378 e. The highest BCUT2D eigenvalue weighted by Gasteiger charge is 2.32. The smallest absolute Gasteiger partial charge is 0.266 e. The molecular formula is C19H19ClN4OS. The minimum Gasteiger partial charge on any atom is -0.378 e. The molecule has 0 radical (unpaired) electrons. The van der Waals surface area contributed by atoms with Crippen molar-refractivity contribution in [2.45, 2.75) is 6.92 Å². The Labute approximate surface area is 162 Å². The molecule has 1 saturated heterocycles. The summed E-state index contributed by atoms with van der Waals surface area (Å²) in [5.74, 6) is -0.0434. The molecule has 0 unspecified atom stereocenters. The molecule has 0 spiro atoms. The van der Waals surface area contributed by atoms with Crippen LogP contribution in [0.4, 0.5) is 11.4 Å². The predicted octanol–water partition coefficient (Wildman–Crippen LogP) is 4.42. The summed E-state index contributed by atoms with van der Waals surface area (Å²) in [6.07, 6.45) is 5.07. The average Bonchev–Trinajstić information content (AvgIpc) is 2.92. The highest BCUT2D eigenvalue weighted by molar-refractivity contribution is 8.18. The van der Waals surface area contributed by atoms with Crippen LogP contribution in [0.25, 0.3) is 6.08 Å². The Morgan fingerprint density at radius 1 is 1.27 bits per heavy atom. The van der Waals surface area contributed by atoms with Crippen LogP contribution >= 0.6 is 23.4 Å². The molecule has 0 bridgehead atoms. The molecule has 1 aromatic carbocycles. The number of amidine groups is 1. The van der Waals surface area contributed by atoms with Gasteiger partial charge in [-0.05, 0) is 48.5 Å². The first-order chi connectivity index (χ1) is 12.5. The van der Waals surface area contributed by atoms with Crippen LogP contribution in [0.2, 0.25) is 5.02 Å². The van der Waals surface area contributed by atoms with Gasteiger partial charge in [-0.3, -0.25) is 14.7 Å². The van der Waals surface area contributed by atoms with Crippen molar-refractivity contribution in [1.29, 1.82) is 0 Å². The Hall–Kier alpha value is -2.31. The zero-order chi connectivity index (χ0) is 18.7. The zero-order valence-corrected chi connectivity index (χ0v) is 16.4. The van der Waals surface area contributed by atoms with E-state index >= 15 is 0 Å². The molecule has 134 valence electrons. The third-order valence-electron chi connectivity index (χ3n) is 3.88. The lowest BCUT2D eigenvalue weighted by Crippen LogP contribution is -2.28. The fourth-order valence-corrected chi connectivity index (χ4v) is 3.67. The molecule has 2 aromatic rings. The molecular weight excluding hydrogens is 368 g/mol. The number of aromatic nitrogens is 1. The van der Waals surface area contributed by atoms with Crippen molar-refractivity contribution >= 4 is 51.9 Å². The van der Waals surface area contributed by atoms with Crippen molar-refractivity contribution < 1.29 is 4.79 Å². The topological polar surface area (TPSA) is 48.8 Å². The highest BCUT2D eigenvalue weighted by atomic mass is 35.5. The van der Waals surface area contributed by atoms with Crippen LogP contribution in [0.1, 0.15) is 12.5 Å². The monoisotopic (exact) mass is 386 g/mol. The van der Waals surface area contributed by atoms with E-state index in [2.05, 4.69) is 9.98 Å². The average molecular weight is 387 g/mol. The third kappa shape index (κ3) is 3.92. The summed E-state index contributed by atoms with van der Waals surface area (Å²) >= 11 is 7.49. The van der Waals surface area contributed by atoms with Crippen LogP contribution in [0, 0.1) is 0 Å². The molecule has 0 N–H and O–H groups in total. The number of hydrogen-bond donors (Lipinski definition) is 0. The number of hydrogen-bond acceptors (Lipinski definition) is 5. The molecule has 1 aromatic heterocycles. The number of aliphatic imine (C=N–C) groups is 1. The number of likely N-dealkylation sites (N-methyl/N-ethyl adjacent to an activating group) is 1. The van der Waals surface area contributed by atoms with E-state index < -0.39 is 0 Å². The summed E-state index contributed by atoms with van der Waals surface area (Å²) < 4.78 is 0. The summed E-state index contributed by atoms with van der Waals surface area (Å²) in [6.45, 7) is 2.47. The SMILES string of the molecule is CCN1C(=O)/C(=C/c2ccc(N(C)C)cc2)SC1=Nc1ccncc1Cl. The molecule has 1 aliphatic heterocycles. The number of anilines is 1.